The normalized spacial score (nSPS) is 21.7. The molecular formula is C16H18F3N3O. The van der Waals surface area contributed by atoms with Gasteiger partial charge >= 0.3 is 6.18 Å². The Morgan fingerprint density at radius 3 is 2.70 bits per heavy atom. The van der Waals surface area contributed by atoms with Crippen molar-refractivity contribution >= 4 is 0 Å². The van der Waals surface area contributed by atoms with Crippen molar-refractivity contribution < 1.29 is 17.6 Å². The van der Waals surface area contributed by atoms with E-state index >= 15 is 0 Å². The highest BCUT2D eigenvalue weighted by molar-refractivity contribution is 5.34. The average Bonchev–Trinajstić information content (AvgIpc) is 3.13. The van der Waals surface area contributed by atoms with Crippen LogP contribution in [0.5, 0.6) is 0 Å². The third kappa shape index (κ3) is 3.55. The van der Waals surface area contributed by atoms with Crippen LogP contribution in [0.15, 0.2) is 28.7 Å². The van der Waals surface area contributed by atoms with Crippen molar-refractivity contribution in [3.63, 3.8) is 0 Å². The van der Waals surface area contributed by atoms with E-state index in [1.807, 2.05) is 0 Å². The Labute approximate surface area is 132 Å². The van der Waals surface area contributed by atoms with Gasteiger partial charge in [0.05, 0.1) is 12.1 Å². The Balaban J connectivity index is 1.77. The highest BCUT2D eigenvalue weighted by atomic mass is 19.4. The Bertz CT molecular complexity index is 669. The van der Waals surface area contributed by atoms with Gasteiger partial charge in [0.25, 0.3) is 0 Å². The molecule has 124 valence electrons. The summed E-state index contributed by atoms with van der Waals surface area (Å²) in [5, 5.41) is 10.9. The van der Waals surface area contributed by atoms with Crippen LogP contribution in [-0.2, 0) is 12.7 Å². The number of rotatable bonds is 4. The van der Waals surface area contributed by atoms with Crippen LogP contribution >= 0.6 is 0 Å². The highest BCUT2D eigenvalue weighted by Crippen LogP contribution is 2.41. The molecule has 2 atom stereocenters. The van der Waals surface area contributed by atoms with Crippen LogP contribution in [0.3, 0.4) is 0 Å². The number of nitrogens with one attached hydrogen (secondary N) is 1. The molecule has 1 aromatic heterocycles. The number of aromatic nitrogens is 2. The molecule has 1 aliphatic rings. The molecule has 0 unspecified atom stereocenters. The Morgan fingerprint density at radius 2 is 2.00 bits per heavy atom. The molecule has 23 heavy (non-hydrogen) atoms. The molecule has 1 N–H and O–H groups in total. The van der Waals surface area contributed by atoms with E-state index in [1.165, 1.54) is 6.07 Å². The molecule has 3 rings (SSSR count). The third-order valence-corrected chi connectivity index (χ3v) is 4.26. The summed E-state index contributed by atoms with van der Waals surface area (Å²) in [6.07, 6.45) is -1.84. The van der Waals surface area contributed by atoms with Crippen LogP contribution in [0.2, 0.25) is 0 Å². The van der Waals surface area contributed by atoms with Crippen LogP contribution in [0.1, 0.15) is 48.1 Å². The Kier molecular flexibility index (Phi) is 4.39. The van der Waals surface area contributed by atoms with Gasteiger partial charge < -0.3 is 9.73 Å². The van der Waals surface area contributed by atoms with Crippen molar-refractivity contribution in [2.75, 3.05) is 0 Å². The fourth-order valence-electron chi connectivity index (χ4n) is 3.28. The highest BCUT2D eigenvalue weighted by Gasteiger charge is 2.38. The van der Waals surface area contributed by atoms with E-state index in [2.05, 4.69) is 15.5 Å². The monoisotopic (exact) mass is 325 g/mol. The van der Waals surface area contributed by atoms with Gasteiger partial charge in [0, 0.05) is 13.0 Å². The molecule has 0 bridgehead atoms. The van der Waals surface area contributed by atoms with E-state index in [-0.39, 0.29) is 12.0 Å². The molecule has 2 aromatic rings. The molecule has 0 aliphatic heterocycles. The molecule has 1 heterocycles. The SMILES string of the molecule is Cc1nnc(CN[C@@H]2CCC[C@H]2c2ccccc2C(F)(F)F)o1. The average molecular weight is 325 g/mol. The first-order valence-electron chi connectivity index (χ1n) is 7.63. The van der Waals surface area contributed by atoms with E-state index in [4.69, 9.17) is 4.42 Å². The number of hydrogen-bond donors (Lipinski definition) is 1. The minimum Gasteiger partial charge on any atom is -0.424 e. The second kappa shape index (κ2) is 6.31. The zero-order valence-electron chi connectivity index (χ0n) is 12.7. The molecule has 0 radical (unpaired) electrons. The van der Waals surface area contributed by atoms with Crippen LogP contribution in [0, 0.1) is 6.92 Å². The fourth-order valence-corrected chi connectivity index (χ4v) is 3.28. The van der Waals surface area contributed by atoms with Gasteiger partial charge in [-0.05, 0) is 30.4 Å². The second-order valence-electron chi connectivity index (χ2n) is 5.82. The van der Waals surface area contributed by atoms with Gasteiger partial charge in [-0.2, -0.15) is 13.2 Å². The van der Waals surface area contributed by atoms with Gasteiger partial charge in [-0.1, -0.05) is 24.6 Å². The summed E-state index contributed by atoms with van der Waals surface area (Å²) >= 11 is 0. The van der Waals surface area contributed by atoms with Crippen molar-refractivity contribution in [2.24, 2.45) is 0 Å². The maximum Gasteiger partial charge on any atom is 0.416 e. The zero-order valence-corrected chi connectivity index (χ0v) is 12.7. The summed E-state index contributed by atoms with van der Waals surface area (Å²) in [6.45, 7) is 2.07. The molecule has 1 fully saturated rings. The molecule has 7 heteroatoms. The first-order chi connectivity index (χ1) is 10.9. The maximum absolute atomic E-state index is 13.2. The van der Waals surface area contributed by atoms with Gasteiger partial charge in [-0.3, -0.25) is 0 Å². The lowest BCUT2D eigenvalue weighted by molar-refractivity contribution is -0.138. The summed E-state index contributed by atoms with van der Waals surface area (Å²) in [7, 11) is 0. The summed E-state index contributed by atoms with van der Waals surface area (Å²) in [4.78, 5) is 0. The predicted octanol–water partition coefficient (Wildman–Crippen LogP) is 3.82. The van der Waals surface area contributed by atoms with Crippen molar-refractivity contribution in [1.29, 1.82) is 0 Å². The van der Waals surface area contributed by atoms with Gasteiger partial charge in [-0.15, -0.1) is 10.2 Å². The number of aryl methyl sites for hydroxylation is 1. The number of halogens is 3. The molecular weight excluding hydrogens is 307 g/mol. The van der Waals surface area contributed by atoms with Crippen LogP contribution in [0.25, 0.3) is 0 Å². The Morgan fingerprint density at radius 1 is 1.22 bits per heavy atom. The number of alkyl halides is 3. The van der Waals surface area contributed by atoms with E-state index < -0.39 is 11.7 Å². The summed E-state index contributed by atoms with van der Waals surface area (Å²) in [6, 6.07) is 5.83. The van der Waals surface area contributed by atoms with Gasteiger partial charge in [0.2, 0.25) is 11.8 Å². The molecule has 1 aliphatic carbocycles. The van der Waals surface area contributed by atoms with Gasteiger partial charge in [0.1, 0.15) is 0 Å². The largest absolute Gasteiger partial charge is 0.424 e. The molecule has 0 saturated heterocycles. The fraction of sp³-hybridized carbons (Fsp3) is 0.500. The standard InChI is InChI=1S/C16H18F3N3O/c1-10-21-22-15(23-10)9-20-14-8-4-6-12(14)11-5-2-3-7-13(11)16(17,18)19/h2-3,5,7,12,14,20H,4,6,8-9H2,1H3/t12-,14+/m0/s1. The van der Waals surface area contributed by atoms with E-state index in [9.17, 15) is 13.2 Å². The first kappa shape index (κ1) is 16.0. The molecule has 1 saturated carbocycles. The predicted molar refractivity (Wildman–Crippen MR) is 77.7 cm³/mol. The van der Waals surface area contributed by atoms with Gasteiger partial charge in [-0.25, -0.2) is 0 Å². The van der Waals surface area contributed by atoms with Gasteiger partial charge in [0.15, 0.2) is 0 Å². The van der Waals surface area contributed by atoms with Crippen LogP contribution in [-0.4, -0.2) is 16.2 Å². The molecule has 1 aromatic carbocycles. The topological polar surface area (TPSA) is 51.0 Å². The minimum absolute atomic E-state index is 0.0225. The maximum atomic E-state index is 13.2. The summed E-state index contributed by atoms with van der Waals surface area (Å²) in [5.74, 6) is 0.779. The van der Waals surface area contributed by atoms with E-state index in [0.29, 0.717) is 23.9 Å². The smallest absolute Gasteiger partial charge is 0.416 e. The molecule has 0 amide bonds. The quantitative estimate of drug-likeness (QED) is 0.928. The van der Waals surface area contributed by atoms with E-state index in [1.54, 1.807) is 19.1 Å². The molecule has 0 spiro atoms. The van der Waals surface area contributed by atoms with Crippen molar-refractivity contribution in [3.8, 4) is 0 Å². The summed E-state index contributed by atoms with van der Waals surface area (Å²) in [5.41, 5.74) is -0.163. The second-order valence-corrected chi connectivity index (χ2v) is 5.82. The lowest BCUT2D eigenvalue weighted by atomic mass is 9.90. The van der Waals surface area contributed by atoms with Crippen molar-refractivity contribution in [2.45, 2.75) is 50.9 Å². The summed E-state index contributed by atoms with van der Waals surface area (Å²) < 4.78 is 45.0. The minimum atomic E-state index is -4.33. The number of benzene rings is 1. The zero-order chi connectivity index (χ0) is 16.4. The lowest BCUT2D eigenvalue weighted by Crippen LogP contribution is -2.31. The van der Waals surface area contributed by atoms with Crippen molar-refractivity contribution in [1.82, 2.24) is 15.5 Å². The first-order valence-corrected chi connectivity index (χ1v) is 7.63. The van der Waals surface area contributed by atoms with Crippen LogP contribution in [0.4, 0.5) is 13.2 Å². The van der Waals surface area contributed by atoms with E-state index in [0.717, 1.165) is 25.3 Å². The Hall–Kier alpha value is -1.89. The van der Waals surface area contributed by atoms with Crippen molar-refractivity contribution in [3.05, 3.63) is 47.2 Å². The number of hydrogen-bond acceptors (Lipinski definition) is 4. The van der Waals surface area contributed by atoms with Crippen LogP contribution < -0.4 is 5.32 Å². The molecule has 4 nitrogen and oxygen atoms in total. The number of nitrogens with zero attached hydrogens (tertiary/aromatic N) is 2. The lowest BCUT2D eigenvalue weighted by Gasteiger charge is -2.24. The third-order valence-electron chi connectivity index (χ3n) is 4.26.